The molecule has 138 valence electrons. The fraction of sp³-hybridized carbons (Fsp3) is 0.474. The summed E-state index contributed by atoms with van der Waals surface area (Å²) in [5.74, 6) is 1.47. The molecular formula is C19H22N2O4S. The second-order valence-electron chi connectivity index (χ2n) is 6.66. The van der Waals surface area contributed by atoms with E-state index in [2.05, 4.69) is 4.98 Å². The summed E-state index contributed by atoms with van der Waals surface area (Å²) in [5, 5.41) is 1.89. The lowest BCUT2D eigenvalue weighted by Gasteiger charge is -2.52. The van der Waals surface area contributed by atoms with Crippen LogP contribution >= 0.6 is 11.3 Å². The standard InChI is InChI=1S/C19H22N2O4S/c1-2-23-16-6-9-26-17(16)18(22)21-12-19(13-21)10-14(5-8-24-19)25-15-4-3-7-20-11-15/h3-4,6-7,9,11,14H,2,5,8,10,12-13H2,1H3/t14-/m1/s1. The molecule has 0 saturated carbocycles. The Balaban J connectivity index is 1.36. The fourth-order valence-corrected chi connectivity index (χ4v) is 4.37. The van der Waals surface area contributed by atoms with Gasteiger partial charge in [-0.15, -0.1) is 11.3 Å². The molecule has 0 N–H and O–H groups in total. The van der Waals surface area contributed by atoms with E-state index in [1.807, 2.05) is 35.4 Å². The van der Waals surface area contributed by atoms with Gasteiger partial charge in [0.15, 0.2) is 0 Å². The van der Waals surface area contributed by atoms with Crippen LogP contribution in [0, 0.1) is 0 Å². The van der Waals surface area contributed by atoms with E-state index in [0.717, 1.165) is 18.6 Å². The maximum absolute atomic E-state index is 12.7. The van der Waals surface area contributed by atoms with Crippen molar-refractivity contribution in [2.45, 2.75) is 31.5 Å². The van der Waals surface area contributed by atoms with Gasteiger partial charge in [0, 0.05) is 19.0 Å². The van der Waals surface area contributed by atoms with Crippen LogP contribution in [0.5, 0.6) is 11.5 Å². The van der Waals surface area contributed by atoms with Gasteiger partial charge in [-0.25, -0.2) is 0 Å². The Bertz CT molecular complexity index is 758. The summed E-state index contributed by atoms with van der Waals surface area (Å²) < 4.78 is 17.6. The first kappa shape index (κ1) is 17.3. The van der Waals surface area contributed by atoms with Gasteiger partial charge in [-0.05, 0) is 30.5 Å². The third-order valence-electron chi connectivity index (χ3n) is 4.75. The summed E-state index contributed by atoms with van der Waals surface area (Å²) in [7, 11) is 0. The van der Waals surface area contributed by atoms with E-state index in [1.165, 1.54) is 11.3 Å². The SMILES string of the molecule is CCOc1ccsc1C(=O)N1CC2(C[C@H](Oc3cccnc3)CCO2)C1. The maximum Gasteiger partial charge on any atom is 0.267 e. The molecule has 2 saturated heterocycles. The van der Waals surface area contributed by atoms with Crippen molar-refractivity contribution in [3.63, 3.8) is 0 Å². The summed E-state index contributed by atoms with van der Waals surface area (Å²) in [5.41, 5.74) is -0.288. The minimum atomic E-state index is -0.288. The van der Waals surface area contributed by atoms with E-state index in [1.54, 1.807) is 12.4 Å². The van der Waals surface area contributed by atoms with Gasteiger partial charge in [-0.1, -0.05) is 0 Å². The number of thiophene rings is 1. The number of rotatable bonds is 5. The monoisotopic (exact) mass is 374 g/mol. The molecule has 0 radical (unpaired) electrons. The first-order valence-electron chi connectivity index (χ1n) is 8.89. The molecule has 2 aromatic rings. The molecule has 0 aliphatic carbocycles. The molecule has 4 heterocycles. The van der Waals surface area contributed by atoms with E-state index >= 15 is 0 Å². The molecule has 0 unspecified atom stereocenters. The van der Waals surface area contributed by atoms with Crippen LogP contribution in [0.15, 0.2) is 36.0 Å². The van der Waals surface area contributed by atoms with Crippen LogP contribution in [0.4, 0.5) is 0 Å². The molecule has 2 aliphatic rings. The predicted molar refractivity (Wildman–Crippen MR) is 98.0 cm³/mol. The van der Waals surface area contributed by atoms with Crippen molar-refractivity contribution in [3.8, 4) is 11.5 Å². The highest BCUT2D eigenvalue weighted by molar-refractivity contribution is 7.12. The van der Waals surface area contributed by atoms with Crippen LogP contribution in [0.2, 0.25) is 0 Å². The largest absolute Gasteiger partial charge is 0.492 e. The molecule has 26 heavy (non-hydrogen) atoms. The number of likely N-dealkylation sites (tertiary alicyclic amines) is 1. The lowest BCUT2D eigenvalue weighted by molar-refractivity contribution is -0.173. The topological polar surface area (TPSA) is 60.9 Å². The van der Waals surface area contributed by atoms with E-state index < -0.39 is 0 Å². The average Bonchev–Trinajstić information content (AvgIpc) is 3.09. The number of aromatic nitrogens is 1. The molecule has 6 nitrogen and oxygen atoms in total. The molecule has 2 aliphatic heterocycles. The van der Waals surface area contributed by atoms with E-state index in [9.17, 15) is 4.79 Å². The van der Waals surface area contributed by atoms with Gasteiger partial charge in [0.1, 0.15) is 28.1 Å². The van der Waals surface area contributed by atoms with Gasteiger partial charge in [0.2, 0.25) is 0 Å². The number of carbonyl (C=O) groups excluding carboxylic acids is 1. The van der Waals surface area contributed by atoms with Crippen molar-refractivity contribution >= 4 is 17.2 Å². The number of hydrogen-bond donors (Lipinski definition) is 0. The van der Waals surface area contributed by atoms with Gasteiger partial charge < -0.3 is 19.1 Å². The van der Waals surface area contributed by atoms with Crippen molar-refractivity contribution in [1.82, 2.24) is 9.88 Å². The first-order valence-corrected chi connectivity index (χ1v) is 9.77. The van der Waals surface area contributed by atoms with Crippen LogP contribution in [0.25, 0.3) is 0 Å². The zero-order chi connectivity index (χ0) is 18.0. The normalized spacial score (nSPS) is 21.3. The molecule has 0 bridgehead atoms. The number of hydrogen-bond acceptors (Lipinski definition) is 6. The molecular weight excluding hydrogens is 352 g/mol. The Hall–Kier alpha value is -2.12. The number of carbonyl (C=O) groups is 1. The highest BCUT2D eigenvalue weighted by Crippen LogP contribution is 2.38. The van der Waals surface area contributed by atoms with Gasteiger partial charge in [0.05, 0.1) is 32.5 Å². The lowest BCUT2D eigenvalue weighted by atomic mass is 9.84. The second-order valence-corrected chi connectivity index (χ2v) is 7.58. The third kappa shape index (κ3) is 3.41. The summed E-state index contributed by atoms with van der Waals surface area (Å²) in [6, 6.07) is 5.63. The van der Waals surface area contributed by atoms with Crippen molar-refractivity contribution in [1.29, 1.82) is 0 Å². The van der Waals surface area contributed by atoms with Crippen LogP contribution in [0.1, 0.15) is 29.4 Å². The van der Waals surface area contributed by atoms with Crippen molar-refractivity contribution in [2.24, 2.45) is 0 Å². The quantitative estimate of drug-likeness (QED) is 0.805. The number of amides is 1. The summed E-state index contributed by atoms with van der Waals surface area (Å²) in [6.07, 6.45) is 5.18. The van der Waals surface area contributed by atoms with E-state index in [4.69, 9.17) is 14.2 Å². The molecule has 2 fully saturated rings. The lowest BCUT2D eigenvalue weighted by Crippen LogP contribution is -2.67. The smallest absolute Gasteiger partial charge is 0.267 e. The van der Waals surface area contributed by atoms with Gasteiger partial charge >= 0.3 is 0 Å². The second kappa shape index (κ2) is 7.25. The van der Waals surface area contributed by atoms with Gasteiger partial charge in [0.25, 0.3) is 5.91 Å². The van der Waals surface area contributed by atoms with Crippen molar-refractivity contribution < 1.29 is 19.0 Å². The molecule has 4 rings (SSSR count). The molecule has 1 atom stereocenters. The summed E-state index contributed by atoms with van der Waals surface area (Å²) in [4.78, 5) is 19.3. The van der Waals surface area contributed by atoms with Gasteiger partial charge in [-0.3, -0.25) is 9.78 Å². The average molecular weight is 374 g/mol. The zero-order valence-electron chi connectivity index (χ0n) is 14.7. The first-order chi connectivity index (χ1) is 12.7. The van der Waals surface area contributed by atoms with Gasteiger partial charge in [-0.2, -0.15) is 0 Å². The molecule has 0 aromatic carbocycles. The van der Waals surface area contributed by atoms with E-state index in [0.29, 0.717) is 36.9 Å². The molecule has 1 spiro atoms. The minimum Gasteiger partial charge on any atom is -0.492 e. The highest BCUT2D eigenvalue weighted by Gasteiger charge is 2.50. The Kier molecular flexibility index (Phi) is 4.82. The predicted octanol–water partition coefficient (Wildman–Crippen LogP) is 2.99. The summed E-state index contributed by atoms with van der Waals surface area (Å²) >= 11 is 1.42. The van der Waals surface area contributed by atoms with E-state index in [-0.39, 0.29) is 17.6 Å². The Labute approximate surface area is 156 Å². The van der Waals surface area contributed by atoms with Crippen LogP contribution < -0.4 is 9.47 Å². The van der Waals surface area contributed by atoms with Crippen LogP contribution in [0.3, 0.4) is 0 Å². The Morgan fingerprint density at radius 1 is 1.46 bits per heavy atom. The minimum absolute atomic E-state index is 0.0213. The van der Waals surface area contributed by atoms with Crippen molar-refractivity contribution in [3.05, 3.63) is 40.8 Å². The highest BCUT2D eigenvalue weighted by atomic mass is 32.1. The summed E-state index contributed by atoms with van der Waals surface area (Å²) in [6.45, 7) is 4.32. The fourth-order valence-electron chi connectivity index (χ4n) is 3.57. The number of pyridine rings is 1. The Morgan fingerprint density at radius 2 is 2.35 bits per heavy atom. The zero-order valence-corrected chi connectivity index (χ0v) is 15.5. The van der Waals surface area contributed by atoms with Crippen LogP contribution in [-0.2, 0) is 4.74 Å². The number of ether oxygens (including phenoxy) is 3. The van der Waals surface area contributed by atoms with Crippen LogP contribution in [-0.4, -0.2) is 53.8 Å². The Morgan fingerprint density at radius 3 is 3.12 bits per heavy atom. The molecule has 7 heteroatoms. The van der Waals surface area contributed by atoms with Crippen molar-refractivity contribution in [2.75, 3.05) is 26.3 Å². The number of nitrogens with zero attached hydrogens (tertiary/aromatic N) is 2. The molecule has 2 aromatic heterocycles. The third-order valence-corrected chi connectivity index (χ3v) is 5.64. The maximum atomic E-state index is 12.7. The molecule has 1 amide bonds.